The molecule has 9 heteroatoms. The van der Waals surface area contributed by atoms with Crippen molar-refractivity contribution in [2.24, 2.45) is 5.11 Å². The van der Waals surface area contributed by atoms with Gasteiger partial charge in [-0.1, -0.05) is 128 Å². The van der Waals surface area contributed by atoms with Crippen LogP contribution in [0.15, 0.2) is 5.11 Å². The first-order chi connectivity index (χ1) is 26.5. The molecule has 0 unspecified atom stereocenters. The summed E-state index contributed by atoms with van der Waals surface area (Å²) < 4.78 is 16.4. The van der Waals surface area contributed by atoms with Crippen LogP contribution in [0.3, 0.4) is 0 Å². The molecule has 0 N–H and O–H groups in total. The Balaban J connectivity index is 4.27. The number of esters is 3. The molecule has 0 fully saturated rings. The molecule has 54 heavy (non-hydrogen) atoms. The Morgan fingerprint density at radius 2 is 0.815 bits per heavy atom. The number of hydrogen-bond acceptors (Lipinski definition) is 7. The normalized spacial score (nSPS) is 10.5. The number of carbonyl (C=O) groups excluding carboxylic acids is 3. The zero-order valence-electron chi connectivity index (χ0n) is 34.6. The van der Waals surface area contributed by atoms with Crippen molar-refractivity contribution >= 4 is 17.9 Å². The lowest BCUT2D eigenvalue weighted by Crippen LogP contribution is -2.30. The summed E-state index contributed by atoms with van der Waals surface area (Å²) in [6.45, 7) is 4.58. The van der Waals surface area contributed by atoms with E-state index in [9.17, 15) is 14.4 Å². The molecule has 0 aliphatic rings. The van der Waals surface area contributed by atoms with E-state index in [0.717, 1.165) is 96.3 Å². The van der Waals surface area contributed by atoms with Crippen molar-refractivity contribution < 1.29 is 28.6 Å². The van der Waals surface area contributed by atoms with E-state index in [-0.39, 0.29) is 31.6 Å². The van der Waals surface area contributed by atoms with Crippen LogP contribution in [-0.4, -0.2) is 43.8 Å². The van der Waals surface area contributed by atoms with Gasteiger partial charge in [0.2, 0.25) is 0 Å². The van der Waals surface area contributed by atoms with Gasteiger partial charge >= 0.3 is 17.9 Å². The third-order valence-electron chi connectivity index (χ3n) is 9.29. The van der Waals surface area contributed by atoms with Gasteiger partial charge in [0.05, 0.1) is 0 Å². The molecule has 0 saturated heterocycles. The molecule has 0 aliphatic heterocycles. The maximum atomic E-state index is 12.5. The van der Waals surface area contributed by atoms with Crippen molar-refractivity contribution in [3.8, 4) is 23.7 Å². The van der Waals surface area contributed by atoms with Gasteiger partial charge in [-0.05, 0) is 56.9 Å². The molecule has 308 valence electrons. The second-order valence-corrected chi connectivity index (χ2v) is 14.5. The Morgan fingerprint density at radius 3 is 1.20 bits per heavy atom. The highest BCUT2D eigenvalue weighted by molar-refractivity contribution is 5.71. The fourth-order valence-corrected chi connectivity index (χ4v) is 5.92. The van der Waals surface area contributed by atoms with E-state index in [1.54, 1.807) is 0 Å². The Morgan fingerprint density at radius 1 is 0.481 bits per heavy atom. The van der Waals surface area contributed by atoms with Crippen molar-refractivity contribution in [3.05, 3.63) is 10.4 Å². The SMILES string of the molecule is CCCCCCCCC#CCCCCCCCC(=O)OCC(COC(=O)CCCCCCCC#CCCCCCCCC)OC(=O)CCCCCN=[N+]=[N-]. The predicted molar refractivity (Wildman–Crippen MR) is 220 cm³/mol. The van der Waals surface area contributed by atoms with Gasteiger partial charge in [0.15, 0.2) is 6.10 Å². The van der Waals surface area contributed by atoms with Gasteiger partial charge in [-0.15, -0.1) is 23.7 Å². The van der Waals surface area contributed by atoms with Gasteiger partial charge in [-0.25, -0.2) is 0 Å². The molecule has 0 atom stereocenters. The van der Waals surface area contributed by atoms with Crippen molar-refractivity contribution in [2.45, 2.75) is 225 Å². The van der Waals surface area contributed by atoms with E-state index >= 15 is 0 Å². The maximum Gasteiger partial charge on any atom is 0.306 e. The summed E-state index contributed by atoms with van der Waals surface area (Å²) in [6, 6.07) is 0. The molecular formula is C45H77N3O6. The third-order valence-corrected chi connectivity index (χ3v) is 9.29. The van der Waals surface area contributed by atoms with Gasteiger partial charge < -0.3 is 14.2 Å². The topological polar surface area (TPSA) is 128 Å². The lowest BCUT2D eigenvalue weighted by Gasteiger charge is -2.18. The van der Waals surface area contributed by atoms with Crippen molar-refractivity contribution in [3.63, 3.8) is 0 Å². The quantitative estimate of drug-likeness (QED) is 0.0118. The van der Waals surface area contributed by atoms with Crippen LogP contribution in [0.4, 0.5) is 0 Å². The molecule has 0 heterocycles. The van der Waals surface area contributed by atoms with Crippen molar-refractivity contribution in [1.82, 2.24) is 0 Å². The monoisotopic (exact) mass is 756 g/mol. The highest BCUT2D eigenvalue weighted by Crippen LogP contribution is 2.12. The summed E-state index contributed by atoms with van der Waals surface area (Å²) in [5.74, 6) is 12.1. The first-order valence-electron chi connectivity index (χ1n) is 22.0. The smallest absolute Gasteiger partial charge is 0.306 e. The summed E-state index contributed by atoms with van der Waals surface area (Å²) in [7, 11) is 0. The molecule has 0 aromatic carbocycles. The Kier molecular flexibility index (Phi) is 40.1. The second kappa shape index (κ2) is 42.6. The van der Waals surface area contributed by atoms with Gasteiger partial charge in [-0.3, -0.25) is 14.4 Å². The van der Waals surface area contributed by atoms with Crippen LogP contribution in [0.2, 0.25) is 0 Å². The molecular weight excluding hydrogens is 679 g/mol. The van der Waals surface area contributed by atoms with E-state index in [1.165, 1.54) is 77.0 Å². The number of unbranched alkanes of at least 4 members (excludes halogenated alkanes) is 24. The lowest BCUT2D eigenvalue weighted by molar-refractivity contribution is -0.167. The first kappa shape index (κ1) is 50.8. The number of hydrogen-bond donors (Lipinski definition) is 0. The summed E-state index contributed by atoms with van der Waals surface area (Å²) in [4.78, 5) is 40.1. The Hall–Kier alpha value is -3.16. The summed E-state index contributed by atoms with van der Waals surface area (Å²) in [5.41, 5.74) is 8.39. The van der Waals surface area contributed by atoms with Crippen molar-refractivity contribution in [1.29, 1.82) is 0 Å². The highest BCUT2D eigenvalue weighted by atomic mass is 16.6. The average Bonchev–Trinajstić information content (AvgIpc) is 3.17. The van der Waals surface area contributed by atoms with Crippen LogP contribution >= 0.6 is 0 Å². The van der Waals surface area contributed by atoms with Crippen LogP contribution < -0.4 is 0 Å². The molecule has 0 bridgehead atoms. The molecule has 9 nitrogen and oxygen atoms in total. The second-order valence-electron chi connectivity index (χ2n) is 14.5. The maximum absolute atomic E-state index is 12.5. The summed E-state index contributed by atoms with van der Waals surface area (Å²) in [6.07, 6.45) is 31.3. The van der Waals surface area contributed by atoms with Crippen LogP contribution in [0, 0.1) is 23.7 Å². The molecule has 0 aromatic heterocycles. The van der Waals surface area contributed by atoms with Crippen molar-refractivity contribution in [2.75, 3.05) is 19.8 Å². The highest BCUT2D eigenvalue weighted by Gasteiger charge is 2.19. The minimum Gasteiger partial charge on any atom is -0.462 e. The number of nitrogens with zero attached hydrogens (tertiary/aromatic N) is 3. The predicted octanol–water partition coefficient (Wildman–Crippen LogP) is 12.8. The first-order valence-corrected chi connectivity index (χ1v) is 22.0. The van der Waals surface area contributed by atoms with Crippen LogP contribution in [-0.2, 0) is 28.6 Å². The van der Waals surface area contributed by atoms with E-state index < -0.39 is 12.1 Å². The number of azide groups is 1. The summed E-state index contributed by atoms with van der Waals surface area (Å²) in [5, 5.41) is 3.50. The van der Waals surface area contributed by atoms with Gasteiger partial charge in [-0.2, -0.15) is 0 Å². The molecule has 0 aromatic rings. The molecule has 0 spiro atoms. The number of ether oxygens (including phenoxy) is 3. The van der Waals surface area contributed by atoms with E-state index in [4.69, 9.17) is 19.7 Å². The van der Waals surface area contributed by atoms with E-state index in [0.29, 0.717) is 32.2 Å². The lowest BCUT2D eigenvalue weighted by atomic mass is 10.1. The Labute approximate surface area is 330 Å². The zero-order chi connectivity index (χ0) is 39.4. The molecule has 0 rings (SSSR count). The van der Waals surface area contributed by atoms with E-state index in [1.807, 2.05) is 0 Å². The molecule has 0 radical (unpaired) electrons. The third kappa shape index (κ3) is 40.0. The number of carbonyl (C=O) groups is 3. The minimum absolute atomic E-state index is 0.145. The van der Waals surface area contributed by atoms with E-state index in [2.05, 4.69) is 47.6 Å². The minimum atomic E-state index is -0.849. The zero-order valence-corrected chi connectivity index (χ0v) is 34.6. The Bertz CT molecular complexity index is 1020. The fraction of sp³-hybridized carbons (Fsp3) is 0.844. The fourth-order valence-electron chi connectivity index (χ4n) is 5.92. The number of rotatable bonds is 37. The van der Waals surface area contributed by atoms with Gasteiger partial charge in [0.1, 0.15) is 13.2 Å². The van der Waals surface area contributed by atoms with Crippen LogP contribution in [0.5, 0.6) is 0 Å². The van der Waals surface area contributed by atoms with Gasteiger partial charge in [0.25, 0.3) is 0 Å². The molecule has 0 amide bonds. The largest absolute Gasteiger partial charge is 0.462 e. The van der Waals surface area contributed by atoms with Gasteiger partial charge in [0, 0.05) is 56.4 Å². The standard InChI is InChI=1S/C45H77N3O6/c1-3-5-7-9-11-13-15-17-19-21-23-25-27-29-32-36-43(49)52-40-42(54-45(51)38-34-31-35-39-47-48-46)41-53-44(50)37-33-30-28-26-24-22-20-18-16-14-12-10-8-6-4-2/h42H,3-16,21-41H2,1-2H3. The molecule has 0 aliphatic carbocycles. The average molecular weight is 756 g/mol. The summed E-state index contributed by atoms with van der Waals surface area (Å²) >= 11 is 0. The van der Waals surface area contributed by atoms with Crippen LogP contribution in [0.1, 0.15) is 219 Å². The van der Waals surface area contributed by atoms with Crippen LogP contribution in [0.25, 0.3) is 10.4 Å². The molecule has 0 saturated carbocycles.